The number of hydrogen-bond donors (Lipinski definition) is 1. The van der Waals surface area contributed by atoms with Gasteiger partial charge in [-0.15, -0.1) is 0 Å². The molecule has 1 fully saturated rings. The fraction of sp³-hybridized carbons (Fsp3) is 0.500. The standard InChI is InChI=1S/C18H23ClN2O5/c1-12(26-15-5-3-4-14(19)10-15)17(23)20(2)11-16(22)21-8-6-13(7-9-21)18(24)25/h3-5,10,12-13H,6-9,11H2,1-2H3,(H,24,25). The van der Waals surface area contributed by atoms with Crippen LogP contribution in [0.15, 0.2) is 24.3 Å². The second kappa shape index (κ2) is 8.89. The van der Waals surface area contributed by atoms with E-state index in [1.165, 1.54) is 4.90 Å². The number of likely N-dealkylation sites (tertiary alicyclic amines) is 1. The van der Waals surface area contributed by atoms with Crippen LogP contribution in [0.2, 0.25) is 5.02 Å². The molecule has 0 saturated carbocycles. The molecule has 1 N–H and O–H groups in total. The minimum Gasteiger partial charge on any atom is -0.481 e. The monoisotopic (exact) mass is 382 g/mol. The van der Waals surface area contributed by atoms with Gasteiger partial charge in [-0.2, -0.15) is 0 Å². The highest BCUT2D eigenvalue weighted by molar-refractivity contribution is 6.30. The van der Waals surface area contributed by atoms with E-state index in [1.807, 2.05) is 0 Å². The molecule has 26 heavy (non-hydrogen) atoms. The van der Waals surface area contributed by atoms with E-state index >= 15 is 0 Å². The summed E-state index contributed by atoms with van der Waals surface area (Å²) in [6, 6.07) is 6.75. The first-order valence-electron chi connectivity index (χ1n) is 8.45. The summed E-state index contributed by atoms with van der Waals surface area (Å²) in [7, 11) is 1.54. The number of benzene rings is 1. The number of rotatable bonds is 6. The fourth-order valence-electron chi connectivity index (χ4n) is 2.86. The van der Waals surface area contributed by atoms with Gasteiger partial charge in [-0.3, -0.25) is 14.4 Å². The normalized spacial score (nSPS) is 16.0. The summed E-state index contributed by atoms with van der Waals surface area (Å²) in [5.74, 6) is -1.26. The van der Waals surface area contributed by atoms with E-state index in [4.69, 9.17) is 21.4 Å². The van der Waals surface area contributed by atoms with Crippen LogP contribution in [0.5, 0.6) is 5.75 Å². The molecule has 0 radical (unpaired) electrons. The molecular formula is C18H23ClN2O5. The number of amides is 2. The highest BCUT2D eigenvalue weighted by atomic mass is 35.5. The van der Waals surface area contributed by atoms with Gasteiger partial charge in [0.15, 0.2) is 6.10 Å². The number of piperidine rings is 1. The Morgan fingerprint density at radius 1 is 1.35 bits per heavy atom. The van der Waals surface area contributed by atoms with E-state index in [-0.39, 0.29) is 18.4 Å². The van der Waals surface area contributed by atoms with Gasteiger partial charge in [0.1, 0.15) is 5.75 Å². The second-order valence-electron chi connectivity index (χ2n) is 6.41. The van der Waals surface area contributed by atoms with Crippen LogP contribution in [0.3, 0.4) is 0 Å². The third-order valence-corrected chi connectivity index (χ3v) is 4.64. The van der Waals surface area contributed by atoms with Gasteiger partial charge in [0.25, 0.3) is 5.91 Å². The number of carboxylic acids is 1. The molecule has 0 aliphatic carbocycles. The summed E-state index contributed by atoms with van der Waals surface area (Å²) in [5.41, 5.74) is 0. The van der Waals surface area contributed by atoms with Gasteiger partial charge >= 0.3 is 5.97 Å². The molecule has 142 valence electrons. The van der Waals surface area contributed by atoms with E-state index in [1.54, 1.807) is 43.1 Å². The zero-order valence-corrected chi connectivity index (χ0v) is 15.6. The van der Waals surface area contributed by atoms with E-state index in [0.717, 1.165) is 0 Å². The van der Waals surface area contributed by atoms with Crippen molar-refractivity contribution in [1.82, 2.24) is 9.80 Å². The molecule has 8 heteroatoms. The number of ether oxygens (including phenoxy) is 1. The van der Waals surface area contributed by atoms with Gasteiger partial charge in [0.2, 0.25) is 5.91 Å². The Bertz CT molecular complexity index is 673. The van der Waals surface area contributed by atoms with Crippen molar-refractivity contribution in [3.05, 3.63) is 29.3 Å². The molecular weight excluding hydrogens is 360 g/mol. The van der Waals surface area contributed by atoms with Crippen molar-refractivity contribution in [3.8, 4) is 5.75 Å². The van der Waals surface area contributed by atoms with E-state index in [2.05, 4.69) is 0 Å². The van der Waals surface area contributed by atoms with Crippen molar-refractivity contribution < 1.29 is 24.2 Å². The maximum Gasteiger partial charge on any atom is 0.306 e. The second-order valence-corrected chi connectivity index (χ2v) is 6.84. The number of carbonyl (C=O) groups excluding carboxylic acids is 2. The zero-order valence-electron chi connectivity index (χ0n) is 14.9. The van der Waals surface area contributed by atoms with Gasteiger partial charge in [-0.25, -0.2) is 0 Å². The highest BCUT2D eigenvalue weighted by Gasteiger charge is 2.28. The molecule has 1 saturated heterocycles. The summed E-state index contributed by atoms with van der Waals surface area (Å²) in [5, 5.41) is 9.51. The average molecular weight is 383 g/mol. The largest absolute Gasteiger partial charge is 0.481 e. The summed E-state index contributed by atoms with van der Waals surface area (Å²) >= 11 is 5.89. The minimum atomic E-state index is -0.823. The Morgan fingerprint density at radius 3 is 2.58 bits per heavy atom. The number of hydrogen-bond acceptors (Lipinski definition) is 4. The van der Waals surface area contributed by atoms with Crippen molar-refractivity contribution in [2.45, 2.75) is 25.9 Å². The molecule has 1 aromatic rings. The van der Waals surface area contributed by atoms with Crippen LogP contribution in [-0.4, -0.2) is 65.5 Å². The SMILES string of the molecule is CC(Oc1cccc(Cl)c1)C(=O)N(C)CC(=O)N1CCC(C(=O)O)CC1. The topological polar surface area (TPSA) is 87.2 Å². The number of halogens is 1. The molecule has 1 unspecified atom stereocenters. The number of likely N-dealkylation sites (N-methyl/N-ethyl adjacent to an activating group) is 1. The summed E-state index contributed by atoms with van der Waals surface area (Å²) in [4.78, 5) is 38.6. The molecule has 1 heterocycles. The molecule has 0 bridgehead atoms. The molecule has 1 aromatic carbocycles. The van der Waals surface area contributed by atoms with Crippen LogP contribution in [0.25, 0.3) is 0 Å². The summed E-state index contributed by atoms with van der Waals surface area (Å²) < 4.78 is 5.58. The Labute approximate surface area is 157 Å². The lowest BCUT2D eigenvalue weighted by atomic mass is 9.97. The van der Waals surface area contributed by atoms with Crippen molar-refractivity contribution in [2.24, 2.45) is 5.92 Å². The lowest BCUT2D eigenvalue weighted by Crippen LogP contribution is -2.47. The van der Waals surface area contributed by atoms with Gasteiger partial charge in [0, 0.05) is 25.2 Å². The van der Waals surface area contributed by atoms with Gasteiger partial charge in [-0.05, 0) is 38.0 Å². The van der Waals surface area contributed by atoms with Gasteiger partial charge in [-0.1, -0.05) is 17.7 Å². The van der Waals surface area contributed by atoms with Crippen LogP contribution < -0.4 is 4.74 Å². The van der Waals surface area contributed by atoms with Crippen LogP contribution in [0.4, 0.5) is 0 Å². The molecule has 1 aliphatic heterocycles. The Kier molecular flexibility index (Phi) is 6.85. The Hall–Kier alpha value is -2.28. The third-order valence-electron chi connectivity index (χ3n) is 4.40. The highest BCUT2D eigenvalue weighted by Crippen LogP contribution is 2.19. The van der Waals surface area contributed by atoms with Crippen LogP contribution in [-0.2, 0) is 14.4 Å². The van der Waals surface area contributed by atoms with E-state index in [9.17, 15) is 14.4 Å². The molecule has 7 nitrogen and oxygen atoms in total. The fourth-order valence-corrected chi connectivity index (χ4v) is 3.04. The number of nitrogens with zero attached hydrogens (tertiary/aromatic N) is 2. The predicted octanol–water partition coefficient (Wildman–Crippen LogP) is 1.89. The van der Waals surface area contributed by atoms with Gasteiger partial charge < -0.3 is 19.6 Å². The third kappa shape index (κ3) is 5.36. The smallest absolute Gasteiger partial charge is 0.306 e. The van der Waals surface area contributed by atoms with Crippen molar-refractivity contribution >= 4 is 29.4 Å². The summed E-state index contributed by atoms with van der Waals surface area (Å²) in [6.07, 6.45) is 0.115. The van der Waals surface area contributed by atoms with Crippen molar-refractivity contribution in [3.63, 3.8) is 0 Å². The van der Waals surface area contributed by atoms with Crippen LogP contribution in [0.1, 0.15) is 19.8 Å². The Balaban J connectivity index is 1.84. The molecule has 2 rings (SSSR count). The summed E-state index contributed by atoms with van der Waals surface area (Å²) in [6.45, 7) is 2.33. The van der Waals surface area contributed by atoms with Gasteiger partial charge in [0.05, 0.1) is 12.5 Å². The first-order chi connectivity index (χ1) is 12.3. The maximum absolute atomic E-state index is 12.4. The lowest BCUT2D eigenvalue weighted by Gasteiger charge is -2.31. The number of carboxylic acid groups (broad SMARTS) is 1. The molecule has 0 aromatic heterocycles. The first-order valence-corrected chi connectivity index (χ1v) is 8.83. The maximum atomic E-state index is 12.4. The quantitative estimate of drug-likeness (QED) is 0.811. The van der Waals surface area contributed by atoms with Crippen LogP contribution >= 0.6 is 11.6 Å². The van der Waals surface area contributed by atoms with E-state index in [0.29, 0.717) is 36.7 Å². The molecule has 2 amide bonds. The predicted molar refractivity (Wildman–Crippen MR) is 96.1 cm³/mol. The first kappa shape index (κ1) is 20.0. The van der Waals surface area contributed by atoms with Crippen LogP contribution in [0, 0.1) is 5.92 Å². The van der Waals surface area contributed by atoms with Crippen molar-refractivity contribution in [1.29, 1.82) is 0 Å². The average Bonchev–Trinajstić information content (AvgIpc) is 2.61. The molecule has 1 aliphatic rings. The number of aliphatic carboxylic acids is 1. The number of carbonyl (C=O) groups is 3. The molecule has 1 atom stereocenters. The van der Waals surface area contributed by atoms with Crippen molar-refractivity contribution in [2.75, 3.05) is 26.7 Å². The minimum absolute atomic E-state index is 0.0696. The zero-order chi connectivity index (χ0) is 19.3. The lowest BCUT2D eigenvalue weighted by molar-refractivity contribution is -0.147. The molecule has 0 spiro atoms. The Morgan fingerprint density at radius 2 is 2.00 bits per heavy atom. The van der Waals surface area contributed by atoms with E-state index < -0.39 is 18.0 Å².